The highest BCUT2D eigenvalue weighted by molar-refractivity contribution is 5.23. The third-order valence-corrected chi connectivity index (χ3v) is 3.26. The number of aryl methyl sites for hydroxylation is 1. The van der Waals surface area contributed by atoms with Gasteiger partial charge in [-0.3, -0.25) is 4.98 Å². The van der Waals surface area contributed by atoms with Gasteiger partial charge in [0.1, 0.15) is 5.75 Å². The molecule has 3 nitrogen and oxygen atoms in total. The van der Waals surface area contributed by atoms with Crippen molar-refractivity contribution in [1.29, 1.82) is 0 Å². The highest BCUT2D eigenvalue weighted by Gasteiger charge is 2.11. The average molecular weight is 264 g/mol. The van der Waals surface area contributed by atoms with Crippen LogP contribution in [-0.2, 0) is 6.42 Å². The number of ether oxygens (including phenoxy) is 1. The lowest BCUT2D eigenvalue weighted by molar-refractivity contribution is 0.315. The van der Waals surface area contributed by atoms with Crippen molar-refractivity contribution < 1.29 is 4.74 Å². The first-order chi connectivity index (χ1) is 9.17. The van der Waals surface area contributed by atoms with Crippen LogP contribution in [0.25, 0.3) is 0 Å². The van der Waals surface area contributed by atoms with Gasteiger partial charge in [0.05, 0.1) is 12.8 Å². The third-order valence-electron chi connectivity index (χ3n) is 3.26. The van der Waals surface area contributed by atoms with Gasteiger partial charge in [-0.25, -0.2) is 0 Å². The first kappa shape index (κ1) is 16.0. The van der Waals surface area contributed by atoms with Gasteiger partial charge in [0, 0.05) is 12.2 Å². The van der Waals surface area contributed by atoms with Gasteiger partial charge in [-0.2, -0.15) is 0 Å². The predicted octanol–water partition coefficient (Wildman–Crippen LogP) is 3.44. The van der Waals surface area contributed by atoms with Crippen molar-refractivity contribution in [2.75, 3.05) is 13.2 Å². The molecule has 0 fully saturated rings. The van der Waals surface area contributed by atoms with Crippen LogP contribution in [0.15, 0.2) is 18.5 Å². The SMILES string of the molecule is CCCOc1cncc(CCC(NCC)C(C)C)c1. The van der Waals surface area contributed by atoms with Gasteiger partial charge in [-0.05, 0) is 43.4 Å². The Balaban J connectivity index is 2.51. The molecule has 108 valence electrons. The van der Waals surface area contributed by atoms with Crippen molar-refractivity contribution in [2.45, 2.75) is 53.0 Å². The van der Waals surface area contributed by atoms with Gasteiger partial charge in [0.15, 0.2) is 0 Å². The molecule has 1 aromatic rings. The van der Waals surface area contributed by atoms with E-state index in [4.69, 9.17) is 4.74 Å². The van der Waals surface area contributed by atoms with E-state index >= 15 is 0 Å². The van der Waals surface area contributed by atoms with Crippen LogP contribution in [0.2, 0.25) is 0 Å². The first-order valence-corrected chi connectivity index (χ1v) is 7.47. The lowest BCUT2D eigenvalue weighted by Gasteiger charge is -2.21. The van der Waals surface area contributed by atoms with Crippen LogP contribution < -0.4 is 10.1 Å². The van der Waals surface area contributed by atoms with Crippen molar-refractivity contribution in [3.63, 3.8) is 0 Å². The Hall–Kier alpha value is -1.09. The molecule has 1 N–H and O–H groups in total. The van der Waals surface area contributed by atoms with Crippen LogP contribution >= 0.6 is 0 Å². The maximum absolute atomic E-state index is 5.62. The van der Waals surface area contributed by atoms with Crippen LogP contribution in [-0.4, -0.2) is 24.2 Å². The number of hydrogen-bond acceptors (Lipinski definition) is 3. The number of nitrogens with one attached hydrogen (secondary N) is 1. The van der Waals surface area contributed by atoms with Crippen molar-refractivity contribution in [2.24, 2.45) is 5.92 Å². The fourth-order valence-electron chi connectivity index (χ4n) is 2.15. The summed E-state index contributed by atoms with van der Waals surface area (Å²) in [6.45, 7) is 10.6. The Morgan fingerprint density at radius 1 is 1.26 bits per heavy atom. The minimum absolute atomic E-state index is 0.574. The molecule has 1 unspecified atom stereocenters. The molecule has 0 saturated carbocycles. The molecule has 0 aliphatic carbocycles. The quantitative estimate of drug-likeness (QED) is 0.742. The van der Waals surface area contributed by atoms with E-state index < -0.39 is 0 Å². The van der Waals surface area contributed by atoms with E-state index in [-0.39, 0.29) is 0 Å². The Morgan fingerprint density at radius 2 is 2.05 bits per heavy atom. The fourth-order valence-corrected chi connectivity index (χ4v) is 2.15. The van der Waals surface area contributed by atoms with Gasteiger partial charge < -0.3 is 10.1 Å². The summed E-state index contributed by atoms with van der Waals surface area (Å²) in [6.07, 6.45) is 6.96. The summed E-state index contributed by atoms with van der Waals surface area (Å²) in [7, 11) is 0. The Bertz CT molecular complexity index is 352. The molecular weight excluding hydrogens is 236 g/mol. The summed E-state index contributed by atoms with van der Waals surface area (Å²) in [5.41, 5.74) is 1.26. The van der Waals surface area contributed by atoms with E-state index in [1.165, 1.54) is 5.56 Å². The van der Waals surface area contributed by atoms with Gasteiger partial charge in [-0.1, -0.05) is 27.7 Å². The number of pyridine rings is 1. The van der Waals surface area contributed by atoms with Gasteiger partial charge >= 0.3 is 0 Å². The monoisotopic (exact) mass is 264 g/mol. The summed E-state index contributed by atoms with van der Waals surface area (Å²) < 4.78 is 5.62. The van der Waals surface area contributed by atoms with E-state index in [0.29, 0.717) is 12.0 Å². The zero-order chi connectivity index (χ0) is 14.1. The molecule has 0 amide bonds. The van der Waals surface area contributed by atoms with E-state index in [1.54, 1.807) is 6.20 Å². The topological polar surface area (TPSA) is 34.1 Å². The molecule has 0 bridgehead atoms. The van der Waals surface area contributed by atoms with Crippen molar-refractivity contribution in [1.82, 2.24) is 10.3 Å². The molecule has 1 heterocycles. The second-order valence-corrected chi connectivity index (χ2v) is 5.32. The zero-order valence-electron chi connectivity index (χ0n) is 12.8. The molecule has 19 heavy (non-hydrogen) atoms. The fraction of sp³-hybridized carbons (Fsp3) is 0.688. The molecule has 3 heteroatoms. The summed E-state index contributed by atoms with van der Waals surface area (Å²) in [6, 6.07) is 2.69. The molecule has 0 spiro atoms. The summed E-state index contributed by atoms with van der Waals surface area (Å²) in [5, 5.41) is 3.55. The second-order valence-electron chi connectivity index (χ2n) is 5.32. The summed E-state index contributed by atoms with van der Waals surface area (Å²) in [5.74, 6) is 1.55. The van der Waals surface area contributed by atoms with E-state index in [9.17, 15) is 0 Å². The molecular formula is C16H28N2O. The minimum Gasteiger partial charge on any atom is -0.492 e. The molecule has 0 saturated heterocycles. The molecule has 1 aromatic heterocycles. The van der Waals surface area contributed by atoms with Crippen molar-refractivity contribution in [3.8, 4) is 5.75 Å². The van der Waals surface area contributed by atoms with Crippen LogP contribution in [0, 0.1) is 5.92 Å². The Morgan fingerprint density at radius 3 is 2.68 bits per heavy atom. The molecule has 0 aromatic carbocycles. The third kappa shape index (κ3) is 6.06. The lowest BCUT2D eigenvalue weighted by Crippen LogP contribution is -2.34. The van der Waals surface area contributed by atoms with Crippen LogP contribution in [0.3, 0.4) is 0 Å². The van der Waals surface area contributed by atoms with Gasteiger partial charge in [0.2, 0.25) is 0 Å². The average Bonchev–Trinajstić information content (AvgIpc) is 2.41. The molecule has 1 atom stereocenters. The van der Waals surface area contributed by atoms with Crippen molar-refractivity contribution in [3.05, 3.63) is 24.0 Å². The highest BCUT2D eigenvalue weighted by Crippen LogP contribution is 2.15. The Kier molecular flexibility index (Phi) is 7.49. The molecule has 1 rings (SSSR count). The van der Waals surface area contributed by atoms with Crippen LogP contribution in [0.4, 0.5) is 0 Å². The normalized spacial score (nSPS) is 12.7. The lowest BCUT2D eigenvalue weighted by atomic mass is 9.97. The second kappa shape index (κ2) is 8.92. The Labute approximate surface area is 117 Å². The molecule has 0 aliphatic rings. The standard InChI is InChI=1S/C16H28N2O/c1-5-9-19-15-10-14(11-17-12-15)7-8-16(13(3)4)18-6-2/h10-13,16,18H,5-9H2,1-4H3. The highest BCUT2D eigenvalue weighted by atomic mass is 16.5. The largest absolute Gasteiger partial charge is 0.492 e. The number of rotatable bonds is 9. The van der Waals surface area contributed by atoms with E-state index in [0.717, 1.165) is 38.2 Å². The van der Waals surface area contributed by atoms with Crippen LogP contribution in [0.5, 0.6) is 5.75 Å². The van der Waals surface area contributed by atoms with Gasteiger partial charge in [0.25, 0.3) is 0 Å². The van der Waals surface area contributed by atoms with E-state index in [1.807, 2.05) is 6.20 Å². The van der Waals surface area contributed by atoms with Crippen molar-refractivity contribution >= 4 is 0 Å². The van der Waals surface area contributed by atoms with Crippen LogP contribution in [0.1, 0.15) is 46.1 Å². The molecule has 0 radical (unpaired) electrons. The maximum atomic E-state index is 5.62. The number of aromatic nitrogens is 1. The minimum atomic E-state index is 0.574. The number of hydrogen-bond donors (Lipinski definition) is 1. The molecule has 0 aliphatic heterocycles. The number of nitrogens with zero attached hydrogens (tertiary/aromatic N) is 1. The first-order valence-electron chi connectivity index (χ1n) is 7.47. The summed E-state index contributed by atoms with van der Waals surface area (Å²) in [4.78, 5) is 4.26. The zero-order valence-corrected chi connectivity index (χ0v) is 12.8. The van der Waals surface area contributed by atoms with Gasteiger partial charge in [-0.15, -0.1) is 0 Å². The predicted molar refractivity (Wildman–Crippen MR) is 80.6 cm³/mol. The van der Waals surface area contributed by atoms with E-state index in [2.05, 4.69) is 44.1 Å². The smallest absolute Gasteiger partial charge is 0.137 e. The summed E-state index contributed by atoms with van der Waals surface area (Å²) >= 11 is 0. The maximum Gasteiger partial charge on any atom is 0.137 e.